The number of anilines is 1. The zero-order valence-electron chi connectivity index (χ0n) is 17.5. The van der Waals surface area contributed by atoms with Crippen LogP contribution in [0.3, 0.4) is 0 Å². The molecule has 30 heavy (non-hydrogen) atoms. The van der Waals surface area contributed by atoms with Gasteiger partial charge in [-0.15, -0.1) is 0 Å². The van der Waals surface area contributed by atoms with Crippen LogP contribution in [-0.4, -0.2) is 22.6 Å². The highest BCUT2D eigenvalue weighted by Gasteiger charge is 2.14. The van der Waals surface area contributed by atoms with E-state index in [0.717, 1.165) is 27.8 Å². The summed E-state index contributed by atoms with van der Waals surface area (Å²) in [6, 6.07) is 14.6. The van der Waals surface area contributed by atoms with Crippen molar-refractivity contribution in [3.05, 3.63) is 70.8 Å². The molecule has 0 heterocycles. The van der Waals surface area contributed by atoms with E-state index in [9.17, 15) is 14.7 Å². The average Bonchev–Trinajstić information content (AvgIpc) is 2.69. The Morgan fingerprint density at radius 1 is 1.00 bits per heavy atom. The summed E-state index contributed by atoms with van der Waals surface area (Å²) in [6.45, 7) is 7.58. The highest BCUT2D eigenvalue weighted by molar-refractivity contribution is 6.07. The zero-order chi connectivity index (χ0) is 21.8. The molecule has 0 atom stereocenters. The maximum Gasteiger partial charge on any atom is 0.275 e. The molecule has 0 spiro atoms. The number of aryl methyl sites for hydroxylation is 3. The van der Waals surface area contributed by atoms with Crippen LogP contribution in [0.4, 0.5) is 5.69 Å². The number of nitrogens with zero attached hydrogens (tertiary/aromatic N) is 1. The number of hydrazone groups is 1. The quantitative estimate of drug-likeness (QED) is 0.429. The zero-order valence-corrected chi connectivity index (χ0v) is 17.5. The number of phenolic OH excluding ortho intramolecular Hbond substituents is 1. The van der Waals surface area contributed by atoms with Gasteiger partial charge in [0, 0.05) is 16.8 Å². The number of carbonyl (C=O) groups is 2. The van der Waals surface area contributed by atoms with Crippen LogP contribution >= 0.6 is 0 Å². The normalized spacial score (nSPS) is 11.4. The molecule has 2 amide bonds. The lowest BCUT2D eigenvalue weighted by Gasteiger charge is -2.13. The number of carbonyl (C=O) groups excluding carboxylic acids is 2. The van der Waals surface area contributed by atoms with Crippen molar-refractivity contribution in [2.45, 2.75) is 34.1 Å². The van der Waals surface area contributed by atoms with Gasteiger partial charge < -0.3 is 10.4 Å². The summed E-state index contributed by atoms with van der Waals surface area (Å²) >= 11 is 0. The fraction of sp³-hybridized carbons (Fsp3) is 0.208. The SMILES string of the molecule is C/C(CC(=O)Nc1c(C)cc(C)cc1C)=N/NC(=O)c1ccc2ccccc2c1O. The van der Waals surface area contributed by atoms with Crippen molar-refractivity contribution in [1.82, 2.24) is 5.43 Å². The van der Waals surface area contributed by atoms with E-state index < -0.39 is 5.91 Å². The van der Waals surface area contributed by atoms with Crippen LogP contribution in [0.2, 0.25) is 0 Å². The first-order chi connectivity index (χ1) is 14.3. The Kier molecular flexibility index (Phi) is 6.16. The highest BCUT2D eigenvalue weighted by atomic mass is 16.3. The Bertz CT molecular complexity index is 1140. The Morgan fingerprint density at radius 3 is 2.37 bits per heavy atom. The molecule has 0 aliphatic carbocycles. The third kappa shape index (κ3) is 4.66. The lowest BCUT2D eigenvalue weighted by atomic mass is 10.0. The van der Waals surface area contributed by atoms with Crippen LogP contribution < -0.4 is 10.7 Å². The first kappa shape index (κ1) is 21.0. The molecule has 0 saturated heterocycles. The van der Waals surface area contributed by atoms with Crippen molar-refractivity contribution < 1.29 is 14.7 Å². The fourth-order valence-corrected chi connectivity index (χ4v) is 3.48. The molecular formula is C24H25N3O3. The first-order valence-electron chi connectivity index (χ1n) is 9.68. The lowest BCUT2D eigenvalue weighted by molar-refractivity contribution is -0.115. The third-order valence-electron chi connectivity index (χ3n) is 4.85. The van der Waals surface area contributed by atoms with Gasteiger partial charge in [-0.25, -0.2) is 5.43 Å². The molecule has 3 aromatic carbocycles. The lowest BCUT2D eigenvalue weighted by Crippen LogP contribution is -2.22. The van der Waals surface area contributed by atoms with Gasteiger partial charge in [0.1, 0.15) is 5.75 Å². The summed E-state index contributed by atoms with van der Waals surface area (Å²) in [5.41, 5.74) is 6.91. The molecule has 0 unspecified atom stereocenters. The number of phenols is 1. The van der Waals surface area contributed by atoms with Crippen LogP contribution in [0.1, 0.15) is 40.4 Å². The molecule has 6 heteroatoms. The number of nitrogens with one attached hydrogen (secondary N) is 2. The molecule has 0 radical (unpaired) electrons. The number of rotatable bonds is 5. The van der Waals surface area contributed by atoms with Crippen molar-refractivity contribution in [3.8, 4) is 5.75 Å². The maximum absolute atomic E-state index is 12.4. The van der Waals surface area contributed by atoms with Crippen molar-refractivity contribution in [1.29, 1.82) is 0 Å². The molecule has 0 bridgehead atoms. The minimum Gasteiger partial charge on any atom is -0.506 e. The Morgan fingerprint density at radius 2 is 1.67 bits per heavy atom. The van der Waals surface area contributed by atoms with E-state index in [0.29, 0.717) is 11.1 Å². The molecule has 3 rings (SSSR count). The number of benzene rings is 3. The number of fused-ring (bicyclic) bond motifs is 1. The van der Waals surface area contributed by atoms with E-state index in [4.69, 9.17) is 0 Å². The molecule has 0 aromatic heterocycles. The summed E-state index contributed by atoms with van der Waals surface area (Å²) in [6.07, 6.45) is 0.0384. The summed E-state index contributed by atoms with van der Waals surface area (Å²) in [5.74, 6) is -0.848. The van der Waals surface area contributed by atoms with Crippen molar-refractivity contribution >= 4 is 34.0 Å². The first-order valence-corrected chi connectivity index (χ1v) is 9.68. The number of aromatic hydroxyl groups is 1. The van der Waals surface area contributed by atoms with Gasteiger partial charge in [0.2, 0.25) is 5.91 Å². The van der Waals surface area contributed by atoms with Gasteiger partial charge in [-0.2, -0.15) is 5.10 Å². The van der Waals surface area contributed by atoms with Crippen LogP contribution in [0, 0.1) is 20.8 Å². The van der Waals surface area contributed by atoms with Gasteiger partial charge >= 0.3 is 0 Å². The number of hydrogen-bond donors (Lipinski definition) is 3. The molecule has 0 fully saturated rings. The Labute approximate surface area is 175 Å². The highest BCUT2D eigenvalue weighted by Crippen LogP contribution is 2.28. The van der Waals surface area contributed by atoms with E-state index >= 15 is 0 Å². The molecule has 6 nitrogen and oxygen atoms in total. The van der Waals surface area contributed by atoms with Gasteiger partial charge in [0.05, 0.1) is 12.0 Å². The minimum atomic E-state index is -0.539. The maximum atomic E-state index is 12.4. The van der Waals surface area contributed by atoms with Crippen molar-refractivity contribution in [3.63, 3.8) is 0 Å². The van der Waals surface area contributed by atoms with Gasteiger partial charge in [-0.05, 0) is 50.3 Å². The fourth-order valence-electron chi connectivity index (χ4n) is 3.48. The van der Waals surface area contributed by atoms with Gasteiger partial charge in [-0.3, -0.25) is 9.59 Å². The van der Waals surface area contributed by atoms with Crippen LogP contribution in [0.5, 0.6) is 5.75 Å². The monoisotopic (exact) mass is 403 g/mol. The minimum absolute atomic E-state index is 0.0384. The predicted octanol–water partition coefficient (Wildman–Crippen LogP) is 4.61. The summed E-state index contributed by atoms with van der Waals surface area (Å²) < 4.78 is 0. The topological polar surface area (TPSA) is 90.8 Å². The predicted molar refractivity (Wildman–Crippen MR) is 120 cm³/mol. The molecule has 3 aromatic rings. The average molecular weight is 403 g/mol. The van der Waals surface area contributed by atoms with E-state index in [2.05, 4.69) is 15.8 Å². The third-order valence-corrected chi connectivity index (χ3v) is 4.85. The molecule has 0 aliphatic rings. The summed E-state index contributed by atoms with van der Waals surface area (Å²) in [5, 5.41) is 18.7. The second kappa shape index (κ2) is 8.78. The second-order valence-electron chi connectivity index (χ2n) is 7.47. The summed E-state index contributed by atoms with van der Waals surface area (Å²) in [4.78, 5) is 24.8. The molecule has 0 saturated carbocycles. The largest absolute Gasteiger partial charge is 0.506 e. The van der Waals surface area contributed by atoms with Crippen LogP contribution in [0.15, 0.2) is 53.6 Å². The Balaban J connectivity index is 1.66. The van der Waals surface area contributed by atoms with Gasteiger partial charge in [-0.1, -0.05) is 48.0 Å². The number of hydrogen-bond acceptors (Lipinski definition) is 4. The van der Waals surface area contributed by atoms with E-state index in [-0.39, 0.29) is 23.6 Å². The van der Waals surface area contributed by atoms with E-state index in [1.807, 2.05) is 45.0 Å². The van der Waals surface area contributed by atoms with Crippen LogP contribution in [-0.2, 0) is 4.79 Å². The van der Waals surface area contributed by atoms with E-state index in [1.54, 1.807) is 31.2 Å². The smallest absolute Gasteiger partial charge is 0.275 e. The molecular weight excluding hydrogens is 378 g/mol. The molecule has 154 valence electrons. The summed E-state index contributed by atoms with van der Waals surface area (Å²) in [7, 11) is 0. The standard InChI is InChI=1S/C24H25N3O3/c1-14-11-15(2)22(16(3)12-14)25-21(28)13-17(4)26-27-24(30)20-10-9-18-7-5-6-8-19(18)23(20)29/h5-12,29H,13H2,1-4H3,(H,25,28)(H,27,30)/b26-17-. The Hall–Kier alpha value is -3.67. The van der Waals surface area contributed by atoms with Crippen LogP contribution in [0.25, 0.3) is 10.8 Å². The van der Waals surface area contributed by atoms with Crippen molar-refractivity contribution in [2.24, 2.45) is 5.10 Å². The molecule has 0 aliphatic heterocycles. The van der Waals surface area contributed by atoms with Gasteiger partial charge in [0.15, 0.2) is 0 Å². The number of amides is 2. The second-order valence-corrected chi connectivity index (χ2v) is 7.47. The van der Waals surface area contributed by atoms with Crippen molar-refractivity contribution in [2.75, 3.05) is 5.32 Å². The van der Waals surface area contributed by atoms with E-state index in [1.165, 1.54) is 0 Å². The van der Waals surface area contributed by atoms with Gasteiger partial charge in [0.25, 0.3) is 5.91 Å². The molecule has 3 N–H and O–H groups in total.